The summed E-state index contributed by atoms with van der Waals surface area (Å²) in [7, 11) is 0. The maximum atomic E-state index is 11.6. The summed E-state index contributed by atoms with van der Waals surface area (Å²) in [5, 5.41) is 4.71. The lowest BCUT2D eigenvalue weighted by atomic mass is 10.2. The molecule has 0 bridgehead atoms. The van der Waals surface area contributed by atoms with Crippen molar-refractivity contribution < 1.29 is 0 Å². The molecule has 6 heteroatoms. The maximum Gasteiger partial charge on any atom is 0.348 e. The molecule has 0 radical (unpaired) electrons. The maximum absolute atomic E-state index is 11.6. The average molecular weight is 265 g/mol. The molecule has 0 aliphatic rings. The van der Waals surface area contributed by atoms with Crippen LogP contribution in [0.5, 0.6) is 0 Å². The highest BCUT2D eigenvalue weighted by Gasteiger charge is 2.06. The van der Waals surface area contributed by atoms with Gasteiger partial charge in [-0.25, -0.2) is 9.78 Å². The summed E-state index contributed by atoms with van der Waals surface area (Å²) in [6, 6.07) is 5.63. The summed E-state index contributed by atoms with van der Waals surface area (Å²) in [5.74, 6) is 0. The van der Waals surface area contributed by atoms with Gasteiger partial charge >= 0.3 is 5.69 Å². The lowest BCUT2D eigenvalue weighted by Gasteiger charge is -1.99. The number of H-pyrrole nitrogens is 1. The molecule has 3 aromatic rings. The van der Waals surface area contributed by atoms with Gasteiger partial charge in [-0.2, -0.15) is 9.61 Å². The molecule has 0 saturated heterocycles. The Morgan fingerprint density at radius 1 is 1.40 bits per heavy atom. The second-order valence-electron chi connectivity index (χ2n) is 3.12. The molecule has 0 aliphatic heterocycles. The smallest absolute Gasteiger partial charge is 0.305 e. The van der Waals surface area contributed by atoms with Crippen LogP contribution in [-0.2, 0) is 0 Å². The van der Waals surface area contributed by atoms with Crippen molar-refractivity contribution in [3.8, 4) is 0 Å². The standard InChI is InChI=1S/C9H5BrN4O/c10-5-1-2-6-7(3-5)13-9(15)14-8(6)11-4-12-14/h1-4H,(H,13,15). The Morgan fingerprint density at radius 3 is 3.13 bits per heavy atom. The summed E-state index contributed by atoms with van der Waals surface area (Å²) in [5.41, 5.74) is 1.03. The van der Waals surface area contributed by atoms with Crippen LogP contribution in [0, 0.1) is 0 Å². The predicted molar refractivity (Wildman–Crippen MR) is 58.8 cm³/mol. The van der Waals surface area contributed by atoms with E-state index in [0.29, 0.717) is 5.65 Å². The van der Waals surface area contributed by atoms with E-state index in [9.17, 15) is 4.79 Å². The van der Waals surface area contributed by atoms with Gasteiger partial charge in [-0.1, -0.05) is 15.9 Å². The predicted octanol–water partition coefficient (Wildman–Crippen LogP) is 1.33. The van der Waals surface area contributed by atoms with Crippen molar-refractivity contribution in [2.24, 2.45) is 0 Å². The summed E-state index contributed by atoms with van der Waals surface area (Å²) in [4.78, 5) is 18.3. The first kappa shape index (κ1) is 8.60. The van der Waals surface area contributed by atoms with Crippen molar-refractivity contribution in [3.63, 3.8) is 0 Å². The Labute approximate surface area is 91.9 Å². The van der Waals surface area contributed by atoms with Crippen molar-refractivity contribution >= 4 is 32.5 Å². The fourth-order valence-electron chi connectivity index (χ4n) is 1.56. The Hall–Kier alpha value is -1.69. The van der Waals surface area contributed by atoms with E-state index in [2.05, 4.69) is 31.0 Å². The Balaban J connectivity index is 2.66. The van der Waals surface area contributed by atoms with Crippen LogP contribution in [0.15, 0.2) is 33.8 Å². The number of aromatic nitrogens is 4. The van der Waals surface area contributed by atoms with Gasteiger partial charge in [0, 0.05) is 9.86 Å². The number of fused-ring (bicyclic) bond motifs is 3. The molecule has 15 heavy (non-hydrogen) atoms. The summed E-state index contributed by atoms with van der Waals surface area (Å²) in [6.07, 6.45) is 1.37. The minimum atomic E-state index is -0.284. The van der Waals surface area contributed by atoms with Crippen LogP contribution in [0.1, 0.15) is 0 Å². The molecule has 3 rings (SSSR count). The number of nitrogens with zero attached hydrogens (tertiary/aromatic N) is 3. The number of hydrogen-bond acceptors (Lipinski definition) is 3. The molecule has 0 saturated carbocycles. The van der Waals surface area contributed by atoms with E-state index in [4.69, 9.17) is 0 Å². The van der Waals surface area contributed by atoms with Gasteiger partial charge in [0.1, 0.15) is 6.33 Å². The van der Waals surface area contributed by atoms with Crippen molar-refractivity contribution in [3.05, 3.63) is 39.5 Å². The van der Waals surface area contributed by atoms with E-state index in [1.54, 1.807) is 0 Å². The minimum absolute atomic E-state index is 0.284. The quantitative estimate of drug-likeness (QED) is 0.667. The highest BCUT2D eigenvalue weighted by atomic mass is 79.9. The van der Waals surface area contributed by atoms with Crippen LogP contribution in [0.4, 0.5) is 0 Å². The number of rotatable bonds is 0. The number of benzene rings is 1. The van der Waals surface area contributed by atoms with Crippen LogP contribution in [-0.4, -0.2) is 19.6 Å². The van der Waals surface area contributed by atoms with E-state index in [1.165, 1.54) is 10.8 Å². The molecule has 2 heterocycles. The molecule has 1 aromatic carbocycles. The van der Waals surface area contributed by atoms with Crippen LogP contribution < -0.4 is 5.69 Å². The van der Waals surface area contributed by atoms with Gasteiger partial charge in [0.25, 0.3) is 0 Å². The summed E-state index contributed by atoms with van der Waals surface area (Å²) < 4.78 is 2.16. The third kappa shape index (κ3) is 1.18. The largest absolute Gasteiger partial charge is 0.348 e. The van der Waals surface area contributed by atoms with Gasteiger partial charge in [-0.05, 0) is 18.2 Å². The van der Waals surface area contributed by atoms with Crippen molar-refractivity contribution in [2.45, 2.75) is 0 Å². The van der Waals surface area contributed by atoms with Crippen LogP contribution in [0.2, 0.25) is 0 Å². The SMILES string of the molecule is O=c1[nH]c2cc(Br)ccc2c2ncnn12. The first-order chi connectivity index (χ1) is 7.25. The zero-order chi connectivity index (χ0) is 10.4. The third-order valence-electron chi connectivity index (χ3n) is 2.20. The topological polar surface area (TPSA) is 63.0 Å². The van der Waals surface area contributed by atoms with Gasteiger partial charge < -0.3 is 4.98 Å². The average Bonchev–Trinajstić information content (AvgIpc) is 2.66. The molecular formula is C9H5BrN4O. The number of halogens is 1. The second-order valence-corrected chi connectivity index (χ2v) is 4.03. The molecule has 0 fully saturated rings. The summed E-state index contributed by atoms with van der Waals surface area (Å²) >= 11 is 3.35. The van der Waals surface area contributed by atoms with Crippen molar-refractivity contribution in [1.82, 2.24) is 19.6 Å². The molecule has 74 valence electrons. The molecule has 1 N–H and O–H groups in total. The Bertz CT molecular complexity index is 715. The molecule has 5 nitrogen and oxygen atoms in total. The Kier molecular flexibility index (Phi) is 1.66. The first-order valence-electron chi connectivity index (χ1n) is 4.27. The number of hydrogen-bond donors (Lipinski definition) is 1. The second kappa shape index (κ2) is 2.90. The van der Waals surface area contributed by atoms with E-state index >= 15 is 0 Å². The molecule has 0 spiro atoms. The third-order valence-corrected chi connectivity index (χ3v) is 2.70. The Morgan fingerprint density at radius 2 is 2.27 bits per heavy atom. The van der Waals surface area contributed by atoms with Gasteiger partial charge in [0.2, 0.25) is 0 Å². The lowest BCUT2D eigenvalue weighted by Crippen LogP contribution is -2.17. The fraction of sp³-hybridized carbons (Fsp3) is 0. The molecule has 0 unspecified atom stereocenters. The molecule has 0 aliphatic carbocycles. The van der Waals surface area contributed by atoms with Crippen LogP contribution in [0.3, 0.4) is 0 Å². The highest BCUT2D eigenvalue weighted by molar-refractivity contribution is 9.10. The highest BCUT2D eigenvalue weighted by Crippen LogP contribution is 2.19. The molecule has 0 amide bonds. The van der Waals surface area contributed by atoms with Gasteiger partial charge in [0.05, 0.1) is 5.52 Å². The monoisotopic (exact) mass is 264 g/mol. The number of aromatic amines is 1. The zero-order valence-electron chi connectivity index (χ0n) is 7.44. The fourth-order valence-corrected chi connectivity index (χ4v) is 1.92. The van der Waals surface area contributed by atoms with E-state index in [-0.39, 0.29) is 5.69 Å². The van der Waals surface area contributed by atoms with Gasteiger partial charge in [-0.3, -0.25) is 0 Å². The van der Waals surface area contributed by atoms with E-state index in [0.717, 1.165) is 15.4 Å². The van der Waals surface area contributed by atoms with E-state index in [1.807, 2.05) is 18.2 Å². The summed E-state index contributed by atoms with van der Waals surface area (Å²) in [6.45, 7) is 0. The first-order valence-corrected chi connectivity index (χ1v) is 5.06. The molecular weight excluding hydrogens is 260 g/mol. The van der Waals surface area contributed by atoms with Gasteiger partial charge in [-0.15, -0.1) is 0 Å². The molecule has 2 aromatic heterocycles. The van der Waals surface area contributed by atoms with Crippen LogP contribution in [0.25, 0.3) is 16.6 Å². The zero-order valence-corrected chi connectivity index (χ0v) is 9.02. The molecule has 0 atom stereocenters. The number of nitrogens with one attached hydrogen (secondary N) is 1. The van der Waals surface area contributed by atoms with Gasteiger partial charge in [0.15, 0.2) is 5.65 Å². The van der Waals surface area contributed by atoms with Crippen LogP contribution >= 0.6 is 15.9 Å². The minimum Gasteiger partial charge on any atom is -0.305 e. The van der Waals surface area contributed by atoms with Crippen molar-refractivity contribution in [1.29, 1.82) is 0 Å². The lowest BCUT2D eigenvalue weighted by molar-refractivity contribution is 0.881. The van der Waals surface area contributed by atoms with Crippen molar-refractivity contribution in [2.75, 3.05) is 0 Å². The normalized spacial score (nSPS) is 11.3. The van der Waals surface area contributed by atoms with E-state index < -0.39 is 0 Å².